The van der Waals surface area contributed by atoms with Crippen LogP contribution in [0.4, 0.5) is 0 Å². The first kappa shape index (κ1) is 65.0. The van der Waals surface area contributed by atoms with Crippen molar-refractivity contribution in [2.24, 2.45) is 0 Å². The molecule has 1 N–H and O–H groups in total. The van der Waals surface area contributed by atoms with Crippen LogP contribution in [0.3, 0.4) is 0 Å². The summed E-state index contributed by atoms with van der Waals surface area (Å²) in [7, 11) is 5.94. The number of nitrogens with zero attached hydrogens (tertiary/aromatic N) is 1. The third kappa shape index (κ3) is 51.6. The van der Waals surface area contributed by atoms with Gasteiger partial charge >= 0.3 is 17.9 Å². The first-order valence-corrected chi connectivity index (χ1v) is 27.1. The number of unbranched alkanes of at least 4 members (excludes halogenated alkanes) is 15. The van der Waals surface area contributed by atoms with Crippen molar-refractivity contribution in [1.29, 1.82) is 0 Å². The summed E-state index contributed by atoms with van der Waals surface area (Å²) >= 11 is 0. The van der Waals surface area contributed by atoms with Crippen LogP contribution in [0.25, 0.3) is 0 Å². The summed E-state index contributed by atoms with van der Waals surface area (Å²) in [5.74, 6) is -2.07. The second-order valence-electron chi connectivity index (χ2n) is 18.8. The van der Waals surface area contributed by atoms with Crippen LogP contribution in [0.5, 0.6) is 0 Å². The molecular weight excluding hydrogens is 863 g/mol. The van der Waals surface area contributed by atoms with Gasteiger partial charge in [-0.2, -0.15) is 0 Å². The van der Waals surface area contributed by atoms with E-state index in [-0.39, 0.29) is 38.6 Å². The van der Waals surface area contributed by atoms with Gasteiger partial charge < -0.3 is 28.5 Å². The van der Waals surface area contributed by atoms with Crippen molar-refractivity contribution >= 4 is 17.9 Å². The third-order valence-electron chi connectivity index (χ3n) is 11.0. The Morgan fingerprint density at radius 2 is 0.826 bits per heavy atom. The lowest BCUT2D eigenvalue weighted by Gasteiger charge is -2.25. The van der Waals surface area contributed by atoms with Gasteiger partial charge in [0.25, 0.3) is 6.29 Å². The molecule has 392 valence electrons. The minimum atomic E-state index is -1.53. The minimum Gasteiger partial charge on any atom is -0.477 e. The third-order valence-corrected chi connectivity index (χ3v) is 11.0. The molecule has 9 nitrogen and oxygen atoms in total. The zero-order chi connectivity index (χ0) is 50.6. The Morgan fingerprint density at radius 1 is 0.449 bits per heavy atom. The zero-order valence-corrected chi connectivity index (χ0v) is 44.4. The summed E-state index contributed by atoms with van der Waals surface area (Å²) in [5, 5.41) is 9.69. The predicted molar refractivity (Wildman–Crippen MR) is 290 cm³/mol. The molecule has 0 saturated heterocycles. The molecule has 0 aromatic heterocycles. The van der Waals surface area contributed by atoms with E-state index in [4.69, 9.17) is 18.9 Å². The first-order valence-electron chi connectivity index (χ1n) is 27.1. The van der Waals surface area contributed by atoms with Gasteiger partial charge in [0.1, 0.15) is 13.2 Å². The summed E-state index contributed by atoms with van der Waals surface area (Å²) < 4.78 is 22.8. The van der Waals surface area contributed by atoms with Crippen LogP contribution in [-0.4, -0.2) is 87.4 Å². The molecule has 0 aliphatic carbocycles. The van der Waals surface area contributed by atoms with Crippen LogP contribution in [0.1, 0.15) is 194 Å². The molecule has 0 aliphatic heterocycles. The molecule has 0 bridgehead atoms. The molecular formula is C60H100NO8+. The highest BCUT2D eigenvalue weighted by atomic mass is 16.7. The van der Waals surface area contributed by atoms with Crippen LogP contribution in [0.2, 0.25) is 0 Å². The molecule has 0 rings (SSSR count). The Labute approximate surface area is 422 Å². The number of quaternary nitrogens is 1. The van der Waals surface area contributed by atoms with Gasteiger partial charge in [-0.05, 0) is 103 Å². The number of esters is 2. The molecule has 0 aromatic rings. The summed E-state index contributed by atoms with van der Waals surface area (Å²) in [6.45, 7) is 4.67. The zero-order valence-electron chi connectivity index (χ0n) is 44.4. The number of allylic oxidation sites excluding steroid dienone is 18. The number of rotatable bonds is 48. The fourth-order valence-corrected chi connectivity index (χ4v) is 6.84. The van der Waals surface area contributed by atoms with Crippen molar-refractivity contribution < 1.29 is 42.9 Å². The summed E-state index contributed by atoms with van der Waals surface area (Å²) in [4.78, 5) is 37.3. The number of likely N-dealkylation sites (N-methyl/N-ethyl adjacent to an activating group) is 1. The highest BCUT2D eigenvalue weighted by molar-refractivity contribution is 5.71. The largest absolute Gasteiger partial charge is 0.477 e. The van der Waals surface area contributed by atoms with Crippen LogP contribution < -0.4 is 0 Å². The van der Waals surface area contributed by atoms with Crippen molar-refractivity contribution in [2.75, 3.05) is 47.5 Å². The number of carbonyl (C=O) groups excluding carboxylic acids is 2. The Balaban J connectivity index is 4.42. The fraction of sp³-hybridized carbons (Fsp3) is 0.650. The van der Waals surface area contributed by atoms with E-state index in [1.807, 2.05) is 21.1 Å². The van der Waals surface area contributed by atoms with E-state index in [2.05, 4.69) is 123 Å². The molecule has 2 atom stereocenters. The lowest BCUT2D eigenvalue weighted by atomic mass is 10.1. The van der Waals surface area contributed by atoms with Crippen molar-refractivity contribution in [3.8, 4) is 0 Å². The number of aliphatic carboxylic acids is 1. The average Bonchev–Trinajstić information content (AvgIpc) is 3.31. The molecule has 0 radical (unpaired) electrons. The molecule has 0 amide bonds. The molecule has 0 heterocycles. The molecule has 0 spiro atoms. The van der Waals surface area contributed by atoms with Crippen molar-refractivity contribution in [1.82, 2.24) is 0 Å². The lowest BCUT2D eigenvalue weighted by molar-refractivity contribution is -0.870. The van der Waals surface area contributed by atoms with Crippen molar-refractivity contribution in [3.05, 3.63) is 109 Å². The van der Waals surface area contributed by atoms with E-state index in [0.29, 0.717) is 17.4 Å². The number of hydrogen-bond acceptors (Lipinski definition) is 7. The first-order chi connectivity index (χ1) is 33.6. The van der Waals surface area contributed by atoms with E-state index in [0.717, 1.165) is 103 Å². The Kier molecular flexibility index (Phi) is 47.4. The number of carboxylic acid groups (broad SMARTS) is 1. The maximum absolute atomic E-state index is 12.8. The molecule has 0 aromatic carbocycles. The van der Waals surface area contributed by atoms with Crippen LogP contribution in [-0.2, 0) is 33.3 Å². The van der Waals surface area contributed by atoms with Gasteiger partial charge in [-0.15, -0.1) is 0 Å². The van der Waals surface area contributed by atoms with Crippen LogP contribution in [0.15, 0.2) is 109 Å². The quantitative estimate of drug-likeness (QED) is 0.0211. The van der Waals surface area contributed by atoms with E-state index >= 15 is 0 Å². The second-order valence-corrected chi connectivity index (χ2v) is 18.8. The number of carboxylic acids is 1. The Morgan fingerprint density at radius 3 is 1.25 bits per heavy atom. The van der Waals surface area contributed by atoms with Gasteiger partial charge in [0.2, 0.25) is 0 Å². The predicted octanol–water partition coefficient (Wildman–Crippen LogP) is 15.6. The van der Waals surface area contributed by atoms with Crippen LogP contribution in [0, 0.1) is 0 Å². The van der Waals surface area contributed by atoms with Gasteiger partial charge in [0, 0.05) is 12.8 Å². The summed E-state index contributed by atoms with van der Waals surface area (Å²) in [5.41, 5.74) is 0. The van der Waals surface area contributed by atoms with Crippen LogP contribution >= 0.6 is 0 Å². The lowest BCUT2D eigenvalue weighted by Crippen LogP contribution is -2.40. The smallest absolute Gasteiger partial charge is 0.361 e. The van der Waals surface area contributed by atoms with Gasteiger partial charge in [-0.1, -0.05) is 187 Å². The number of ether oxygens (including phenoxy) is 4. The van der Waals surface area contributed by atoms with Gasteiger partial charge in [0.05, 0.1) is 34.4 Å². The average molecular weight is 963 g/mol. The molecule has 0 fully saturated rings. The van der Waals surface area contributed by atoms with Gasteiger partial charge in [-0.3, -0.25) is 9.59 Å². The topological polar surface area (TPSA) is 108 Å². The molecule has 0 saturated carbocycles. The second kappa shape index (κ2) is 50.3. The molecule has 9 heteroatoms. The van der Waals surface area contributed by atoms with Gasteiger partial charge in [-0.25, -0.2) is 4.79 Å². The monoisotopic (exact) mass is 963 g/mol. The summed E-state index contributed by atoms with van der Waals surface area (Å²) in [6.07, 6.45) is 65.8. The van der Waals surface area contributed by atoms with E-state index < -0.39 is 24.3 Å². The Bertz CT molecular complexity index is 1490. The minimum absolute atomic E-state index is 0.174. The van der Waals surface area contributed by atoms with E-state index in [9.17, 15) is 19.5 Å². The Hall–Kier alpha value is -4.05. The molecule has 0 aliphatic rings. The highest BCUT2D eigenvalue weighted by Crippen LogP contribution is 2.14. The van der Waals surface area contributed by atoms with Crippen molar-refractivity contribution in [2.45, 2.75) is 206 Å². The fourth-order valence-electron chi connectivity index (χ4n) is 6.84. The highest BCUT2D eigenvalue weighted by Gasteiger charge is 2.25. The standard InChI is InChI=1S/C60H99NO8/c1-6-8-10-12-14-16-18-20-22-24-26-27-28-29-30-31-33-35-37-39-41-43-45-47-49-51-58(63)69-56(55-68-60(59(64)65)66-53-52-61(3,4)5)54-67-57(62)50-48-46-44-42-40-38-36-34-32-25-23-21-19-17-15-13-11-9-7-2/h8,10,14-17,20-23,26-27,29-30,33,35,39,41,56,60H,6-7,9,11-13,18-19,24-25,28,31-32,34,36-38,40,42-55H2,1-5H3/p+1/b10-8-,16-14-,17-15-,22-20-,23-21-,27-26-,30-29-,35-33-,41-39-. The maximum Gasteiger partial charge on any atom is 0.361 e. The number of carbonyl (C=O) groups is 3. The number of hydrogen-bond donors (Lipinski definition) is 1. The molecule has 69 heavy (non-hydrogen) atoms. The van der Waals surface area contributed by atoms with Gasteiger partial charge in [0.15, 0.2) is 6.10 Å². The summed E-state index contributed by atoms with van der Waals surface area (Å²) in [6, 6.07) is 0. The normalized spacial score (nSPS) is 13.7. The maximum atomic E-state index is 12.8. The van der Waals surface area contributed by atoms with E-state index in [1.165, 1.54) is 57.8 Å². The SMILES string of the molecule is CC/C=C\C/C=C\C/C=C\C/C=C\C/C=C\C/C=C\C/C=C\CCCCCC(=O)OC(COC(=O)CCCCCCCCCCC/C=C\C/C=C\CCCCC)COC(OCC[N+](C)(C)C)C(=O)O. The van der Waals surface area contributed by atoms with Crippen molar-refractivity contribution in [3.63, 3.8) is 0 Å². The molecule has 2 unspecified atom stereocenters. The van der Waals surface area contributed by atoms with E-state index in [1.54, 1.807) is 0 Å².